The van der Waals surface area contributed by atoms with Crippen LogP contribution in [0.2, 0.25) is 0 Å². The largest absolute Gasteiger partial charge is 0.384 e. The van der Waals surface area contributed by atoms with Crippen molar-refractivity contribution in [2.45, 2.75) is 19.4 Å². The van der Waals surface area contributed by atoms with E-state index in [1.54, 1.807) is 22.1 Å². The van der Waals surface area contributed by atoms with Crippen molar-refractivity contribution in [1.29, 1.82) is 0 Å². The van der Waals surface area contributed by atoms with Gasteiger partial charge in [-0.2, -0.15) is 5.10 Å². The Balaban J connectivity index is 1.94. The maximum Gasteiger partial charge on any atom is 0.152 e. The molecule has 0 radical (unpaired) electrons. The summed E-state index contributed by atoms with van der Waals surface area (Å²) in [4.78, 5) is 4.36. The van der Waals surface area contributed by atoms with Gasteiger partial charge in [-0.05, 0) is 13.3 Å². The molecular formula is C11H14N4O2S2. The predicted molar refractivity (Wildman–Crippen MR) is 74.8 cm³/mol. The molecular weight excluding hydrogens is 284 g/mol. The van der Waals surface area contributed by atoms with E-state index in [2.05, 4.69) is 10.1 Å². The molecule has 1 aliphatic rings. The van der Waals surface area contributed by atoms with Gasteiger partial charge in [0.2, 0.25) is 0 Å². The summed E-state index contributed by atoms with van der Waals surface area (Å²) < 4.78 is 24.6. The molecule has 2 N–H and O–H groups in total. The lowest BCUT2D eigenvalue weighted by Crippen LogP contribution is -2.14. The summed E-state index contributed by atoms with van der Waals surface area (Å²) in [6, 6.07) is 1.60. The molecule has 0 amide bonds. The summed E-state index contributed by atoms with van der Waals surface area (Å²) in [5.74, 6) is 0.819. The molecule has 1 atom stereocenters. The molecule has 0 aromatic carbocycles. The van der Waals surface area contributed by atoms with Gasteiger partial charge in [-0.15, -0.1) is 11.3 Å². The molecule has 0 bridgehead atoms. The Morgan fingerprint density at radius 2 is 2.26 bits per heavy atom. The summed E-state index contributed by atoms with van der Waals surface area (Å²) in [5.41, 5.74) is 7.42. The average Bonchev–Trinajstić information content (AvgIpc) is 2.98. The minimum Gasteiger partial charge on any atom is -0.384 e. The molecule has 1 fully saturated rings. The second kappa shape index (κ2) is 4.31. The van der Waals surface area contributed by atoms with Crippen LogP contribution < -0.4 is 5.73 Å². The lowest BCUT2D eigenvalue weighted by atomic mass is 10.3. The molecule has 2 aromatic rings. The quantitative estimate of drug-likeness (QED) is 0.901. The number of aryl methyl sites for hydroxylation is 1. The van der Waals surface area contributed by atoms with Crippen molar-refractivity contribution in [2.24, 2.45) is 0 Å². The van der Waals surface area contributed by atoms with Crippen molar-refractivity contribution in [3.8, 4) is 11.4 Å². The normalized spacial score (nSPS) is 21.8. The smallest absolute Gasteiger partial charge is 0.152 e. The van der Waals surface area contributed by atoms with E-state index in [4.69, 9.17) is 5.73 Å². The Hall–Kier alpha value is -1.41. The molecule has 0 aliphatic carbocycles. The first kappa shape index (κ1) is 12.6. The van der Waals surface area contributed by atoms with Crippen LogP contribution in [-0.2, 0) is 9.84 Å². The zero-order chi connectivity index (χ0) is 13.6. The molecule has 6 nitrogen and oxygen atoms in total. The van der Waals surface area contributed by atoms with Crippen LogP contribution in [0, 0.1) is 6.92 Å². The zero-order valence-corrected chi connectivity index (χ0v) is 12.0. The average molecular weight is 298 g/mol. The van der Waals surface area contributed by atoms with Gasteiger partial charge in [-0.1, -0.05) is 0 Å². The highest BCUT2D eigenvalue weighted by molar-refractivity contribution is 7.91. The summed E-state index contributed by atoms with van der Waals surface area (Å²) in [6.45, 7) is 1.93. The maximum absolute atomic E-state index is 11.5. The van der Waals surface area contributed by atoms with E-state index < -0.39 is 9.84 Å². The van der Waals surface area contributed by atoms with Gasteiger partial charge in [0.15, 0.2) is 9.84 Å². The van der Waals surface area contributed by atoms with Crippen molar-refractivity contribution in [3.63, 3.8) is 0 Å². The SMILES string of the molecule is Cc1nc(-c2cc(N)n(C3CCS(=O)(=O)C3)n2)cs1. The van der Waals surface area contributed by atoms with Gasteiger partial charge in [0.05, 0.1) is 22.6 Å². The van der Waals surface area contributed by atoms with E-state index in [-0.39, 0.29) is 17.5 Å². The first-order chi connectivity index (χ1) is 8.94. The number of nitrogen functional groups attached to an aromatic ring is 1. The second-order valence-electron chi connectivity index (χ2n) is 4.71. The first-order valence-electron chi connectivity index (χ1n) is 5.92. The van der Waals surface area contributed by atoms with E-state index in [1.807, 2.05) is 12.3 Å². The van der Waals surface area contributed by atoms with Crippen LogP contribution in [0.1, 0.15) is 17.5 Å². The molecule has 3 rings (SSSR count). The van der Waals surface area contributed by atoms with Gasteiger partial charge >= 0.3 is 0 Å². The Kier molecular flexibility index (Phi) is 2.86. The third kappa shape index (κ3) is 2.37. The number of thiazole rings is 1. The third-order valence-corrected chi connectivity index (χ3v) is 5.72. The Morgan fingerprint density at radius 1 is 1.47 bits per heavy atom. The van der Waals surface area contributed by atoms with Gasteiger partial charge in [0, 0.05) is 11.4 Å². The van der Waals surface area contributed by atoms with Crippen LogP contribution in [0.5, 0.6) is 0 Å². The number of hydrogen-bond donors (Lipinski definition) is 1. The Bertz CT molecular complexity index is 717. The van der Waals surface area contributed by atoms with E-state index in [1.165, 1.54) is 0 Å². The van der Waals surface area contributed by atoms with Gasteiger partial charge in [-0.25, -0.2) is 18.1 Å². The van der Waals surface area contributed by atoms with E-state index in [0.29, 0.717) is 17.9 Å². The molecule has 102 valence electrons. The van der Waals surface area contributed by atoms with Crippen molar-refractivity contribution < 1.29 is 8.42 Å². The summed E-state index contributed by atoms with van der Waals surface area (Å²) in [7, 11) is -2.94. The van der Waals surface area contributed by atoms with Gasteiger partial charge in [0.1, 0.15) is 17.2 Å². The van der Waals surface area contributed by atoms with Gasteiger partial charge < -0.3 is 5.73 Å². The number of aromatic nitrogens is 3. The van der Waals surface area contributed by atoms with Crippen LogP contribution in [0.3, 0.4) is 0 Å². The van der Waals surface area contributed by atoms with Crippen molar-refractivity contribution >= 4 is 27.0 Å². The number of nitrogens with zero attached hydrogens (tertiary/aromatic N) is 3. The number of rotatable bonds is 2. The number of nitrogens with two attached hydrogens (primary N) is 1. The monoisotopic (exact) mass is 298 g/mol. The number of anilines is 1. The highest BCUT2D eigenvalue weighted by atomic mass is 32.2. The lowest BCUT2D eigenvalue weighted by Gasteiger charge is -2.09. The molecule has 8 heteroatoms. The highest BCUT2D eigenvalue weighted by Gasteiger charge is 2.31. The highest BCUT2D eigenvalue weighted by Crippen LogP contribution is 2.29. The van der Waals surface area contributed by atoms with Crippen LogP contribution >= 0.6 is 11.3 Å². The van der Waals surface area contributed by atoms with E-state index in [9.17, 15) is 8.42 Å². The topological polar surface area (TPSA) is 90.9 Å². The zero-order valence-electron chi connectivity index (χ0n) is 10.4. The minimum atomic E-state index is -2.94. The summed E-state index contributed by atoms with van der Waals surface area (Å²) >= 11 is 1.55. The standard InChI is InChI=1S/C11H14N4O2S2/c1-7-13-10(5-18-7)9-4-11(12)15(14-9)8-2-3-19(16,17)6-8/h4-5,8H,2-3,6,12H2,1H3. The van der Waals surface area contributed by atoms with Gasteiger partial charge in [-0.3, -0.25) is 0 Å². The Labute approximate surface area is 115 Å². The third-order valence-electron chi connectivity index (χ3n) is 3.20. The molecule has 1 saturated heterocycles. The molecule has 2 aromatic heterocycles. The molecule has 19 heavy (non-hydrogen) atoms. The maximum atomic E-state index is 11.5. The van der Waals surface area contributed by atoms with Crippen LogP contribution in [-0.4, -0.2) is 34.7 Å². The summed E-state index contributed by atoms with van der Waals surface area (Å²) in [6.07, 6.45) is 0.573. The fourth-order valence-corrected chi connectivity index (χ4v) is 4.57. The molecule has 0 saturated carbocycles. The van der Waals surface area contributed by atoms with Crippen molar-refractivity contribution in [3.05, 3.63) is 16.5 Å². The fraction of sp³-hybridized carbons (Fsp3) is 0.455. The van der Waals surface area contributed by atoms with E-state index >= 15 is 0 Å². The number of hydrogen-bond acceptors (Lipinski definition) is 6. The van der Waals surface area contributed by atoms with E-state index in [0.717, 1.165) is 10.7 Å². The van der Waals surface area contributed by atoms with Crippen molar-refractivity contribution in [2.75, 3.05) is 17.2 Å². The minimum absolute atomic E-state index is 0.119. The summed E-state index contributed by atoms with van der Waals surface area (Å²) in [5, 5.41) is 7.30. The van der Waals surface area contributed by atoms with Gasteiger partial charge in [0.25, 0.3) is 0 Å². The van der Waals surface area contributed by atoms with Crippen LogP contribution in [0.4, 0.5) is 5.82 Å². The molecule has 3 heterocycles. The molecule has 1 unspecified atom stereocenters. The number of sulfone groups is 1. The van der Waals surface area contributed by atoms with Crippen LogP contribution in [0.25, 0.3) is 11.4 Å². The lowest BCUT2D eigenvalue weighted by molar-refractivity contribution is 0.508. The predicted octanol–water partition coefficient (Wildman–Crippen LogP) is 1.26. The first-order valence-corrected chi connectivity index (χ1v) is 8.63. The Morgan fingerprint density at radius 3 is 2.84 bits per heavy atom. The second-order valence-corrected chi connectivity index (χ2v) is 8.00. The molecule has 0 spiro atoms. The fourth-order valence-electron chi connectivity index (χ4n) is 2.28. The molecule has 1 aliphatic heterocycles. The van der Waals surface area contributed by atoms with Crippen molar-refractivity contribution in [1.82, 2.24) is 14.8 Å². The van der Waals surface area contributed by atoms with Crippen LogP contribution in [0.15, 0.2) is 11.4 Å².